The SMILES string of the molecule is COc1ccccc1CC1(O)/C(=C\c2ccccc2)CCCCC1CN1CCN(C)CC1. The molecular formula is C28H38N2O2. The summed E-state index contributed by atoms with van der Waals surface area (Å²) in [6.45, 7) is 5.31. The van der Waals surface area contributed by atoms with Crippen LogP contribution in [0.4, 0.5) is 0 Å². The van der Waals surface area contributed by atoms with E-state index in [4.69, 9.17) is 4.74 Å². The average molecular weight is 435 g/mol. The molecule has 1 aliphatic heterocycles. The maximum Gasteiger partial charge on any atom is 0.122 e. The Bertz CT molecular complexity index is 889. The lowest BCUT2D eigenvalue weighted by Crippen LogP contribution is -2.51. The van der Waals surface area contributed by atoms with E-state index in [9.17, 15) is 5.11 Å². The van der Waals surface area contributed by atoms with Gasteiger partial charge in [0.2, 0.25) is 0 Å². The molecule has 0 aromatic heterocycles. The average Bonchev–Trinajstić information content (AvgIpc) is 2.95. The second-order valence-electron chi connectivity index (χ2n) is 9.54. The molecule has 0 radical (unpaired) electrons. The van der Waals surface area contributed by atoms with Gasteiger partial charge in [0.25, 0.3) is 0 Å². The molecule has 4 heteroatoms. The maximum absolute atomic E-state index is 12.5. The fourth-order valence-electron chi connectivity index (χ4n) is 5.35. The first-order valence-electron chi connectivity index (χ1n) is 12.1. The van der Waals surface area contributed by atoms with Crippen LogP contribution in [0.25, 0.3) is 6.08 Å². The van der Waals surface area contributed by atoms with Gasteiger partial charge in [0.1, 0.15) is 5.75 Å². The molecule has 1 heterocycles. The number of hydrogen-bond donors (Lipinski definition) is 1. The number of ether oxygens (including phenoxy) is 1. The van der Waals surface area contributed by atoms with Gasteiger partial charge in [-0.1, -0.05) is 61.0 Å². The molecule has 1 N–H and O–H groups in total. The van der Waals surface area contributed by atoms with Crippen LogP contribution in [0.3, 0.4) is 0 Å². The zero-order valence-electron chi connectivity index (χ0n) is 19.7. The Hall–Kier alpha value is -2.14. The van der Waals surface area contributed by atoms with Crippen molar-refractivity contribution in [3.63, 3.8) is 0 Å². The molecule has 2 fully saturated rings. The van der Waals surface area contributed by atoms with Crippen molar-refractivity contribution in [3.05, 3.63) is 71.3 Å². The van der Waals surface area contributed by atoms with E-state index in [1.54, 1.807) is 7.11 Å². The first-order valence-corrected chi connectivity index (χ1v) is 12.1. The lowest BCUT2D eigenvalue weighted by atomic mass is 9.74. The van der Waals surface area contributed by atoms with Crippen molar-refractivity contribution in [2.45, 2.75) is 37.7 Å². The van der Waals surface area contributed by atoms with Crippen LogP contribution < -0.4 is 4.74 Å². The van der Waals surface area contributed by atoms with Gasteiger partial charge in [-0.2, -0.15) is 0 Å². The highest BCUT2D eigenvalue weighted by atomic mass is 16.5. The van der Waals surface area contributed by atoms with Crippen molar-refractivity contribution in [2.24, 2.45) is 5.92 Å². The highest BCUT2D eigenvalue weighted by Crippen LogP contribution is 2.42. The monoisotopic (exact) mass is 434 g/mol. The van der Waals surface area contributed by atoms with Crippen LogP contribution in [0.1, 0.15) is 36.8 Å². The summed E-state index contributed by atoms with van der Waals surface area (Å²) in [4.78, 5) is 4.95. The molecule has 0 spiro atoms. The normalized spacial score (nSPS) is 26.7. The fraction of sp³-hybridized carbons (Fsp3) is 0.500. The second-order valence-corrected chi connectivity index (χ2v) is 9.54. The first-order chi connectivity index (χ1) is 15.6. The third kappa shape index (κ3) is 5.43. The van der Waals surface area contributed by atoms with E-state index in [1.807, 2.05) is 24.3 Å². The zero-order valence-corrected chi connectivity index (χ0v) is 19.7. The summed E-state index contributed by atoms with van der Waals surface area (Å²) in [6.07, 6.45) is 7.14. The van der Waals surface area contributed by atoms with Gasteiger partial charge in [-0.05, 0) is 49.1 Å². The summed E-state index contributed by atoms with van der Waals surface area (Å²) >= 11 is 0. The van der Waals surface area contributed by atoms with E-state index in [1.165, 1.54) is 17.6 Å². The Morgan fingerprint density at radius 2 is 1.72 bits per heavy atom. The number of benzene rings is 2. The number of hydrogen-bond acceptors (Lipinski definition) is 4. The first kappa shape index (κ1) is 23.0. The standard InChI is InChI=1S/C28H38N2O2/c1-29-16-18-30(19-17-29)22-26-14-8-7-13-25(20-23-10-4-3-5-11-23)28(26,31)21-24-12-6-9-15-27(24)32-2/h3-6,9-12,15,20,26,31H,7-8,13-14,16-19,21-22H2,1-2H3/b25-20-. The minimum atomic E-state index is -0.885. The van der Waals surface area contributed by atoms with Crippen molar-refractivity contribution in [2.75, 3.05) is 46.9 Å². The molecule has 2 aromatic rings. The smallest absolute Gasteiger partial charge is 0.122 e. The molecule has 172 valence electrons. The lowest BCUT2D eigenvalue weighted by Gasteiger charge is -2.42. The number of para-hydroxylation sites is 1. The molecule has 2 unspecified atom stereocenters. The lowest BCUT2D eigenvalue weighted by molar-refractivity contribution is -0.00677. The molecule has 4 rings (SSSR count). The molecule has 1 saturated carbocycles. The Morgan fingerprint density at radius 1 is 1.00 bits per heavy atom. The van der Waals surface area contributed by atoms with Crippen LogP contribution in [0, 0.1) is 5.92 Å². The van der Waals surface area contributed by atoms with Gasteiger partial charge in [0, 0.05) is 45.1 Å². The predicted octanol–water partition coefficient (Wildman–Crippen LogP) is 4.49. The van der Waals surface area contributed by atoms with E-state index in [0.29, 0.717) is 6.42 Å². The number of nitrogens with zero attached hydrogens (tertiary/aromatic N) is 2. The quantitative estimate of drug-likeness (QED) is 0.680. The minimum absolute atomic E-state index is 0.202. The van der Waals surface area contributed by atoms with Crippen LogP contribution in [-0.4, -0.2) is 67.4 Å². The number of piperazine rings is 1. The summed E-state index contributed by atoms with van der Waals surface area (Å²) in [6, 6.07) is 18.6. The van der Waals surface area contributed by atoms with Crippen molar-refractivity contribution in [3.8, 4) is 5.75 Å². The molecular weight excluding hydrogens is 396 g/mol. The van der Waals surface area contributed by atoms with Crippen molar-refractivity contribution >= 4 is 6.08 Å². The van der Waals surface area contributed by atoms with Crippen LogP contribution in [0.5, 0.6) is 5.75 Å². The zero-order chi connectivity index (χ0) is 22.4. The third-order valence-electron chi connectivity index (χ3n) is 7.35. The van der Waals surface area contributed by atoms with Gasteiger partial charge in [-0.3, -0.25) is 0 Å². The molecule has 1 saturated heterocycles. The summed E-state index contributed by atoms with van der Waals surface area (Å²) in [5.74, 6) is 1.07. The number of aliphatic hydroxyl groups is 1. The van der Waals surface area contributed by atoms with Crippen LogP contribution in [0.15, 0.2) is 60.2 Å². The molecule has 4 nitrogen and oxygen atoms in total. The Morgan fingerprint density at radius 3 is 2.47 bits per heavy atom. The highest BCUT2D eigenvalue weighted by Gasteiger charge is 2.42. The van der Waals surface area contributed by atoms with Crippen molar-refractivity contribution in [1.82, 2.24) is 9.80 Å². The molecule has 0 amide bonds. The van der Waals surface area contributed by atoms with Crippen molar-refractivity contribution in [1.29, 1.82) is 0 Å². The summed E-state index contributed by atoms with van der Waals surface area (Å²) < 4.78 is 5.67. The predicted molar refractivity (Wildman–Crippen MR) is 132 cm³/mol. The van der Waals surface area contributed by atoms with Crippen LogP contribution in [0.2, 0.25) is 0 Å². The molecule has 2 aliphatic rings. The topological polar surface area (TPSA) is 35.9 Å². The van der Waals surface area contributed by atoms with Gasteiger partial charge in [-0.15, -0.1) is 0 Å². The Kier molecular flexibility index (Phi) is 7.67. The minimum Gasteiger partial charge on any atom is -0.496 e. The van der Waals surface area contributed by atoms with Gasteiger partial charge >= 0.3 is 0 Å². The van der Waals surface area contributed by atoms with Gasteiger partial charge in [0.15, 0.2) is 0 Å². The summed E-state index contributed by atoms with van der Waals surface area (Å²) in [5, 5.41) is 12.5. The van der Waals surface area contributed by atoms with E-state index in [-0.39, 0.29) is 5.92 Å². The largest absolute Gasteiger partial charge is 0.496 e. The number of methoxy groups -OCH3 is 1. The van der Waals surface area contributed by atoms with E-state index in [2.05, 4.69) is 53.3 Å². The number of likely N-dealkylation sites (N-methyl/N-ethyl adjacent to an activating group) is 1. The molecule has 2 atom stereocenters. The van der Waals surface area contributed by atoms with Crippen LogP contribution in [-0.2, 0) is 6.42 Å². The second kappa shape index (κ2) is 10.7. The Balaban J connectivity index is 1.70. The molecule has 32 heavy (non-hydrogen) atoms. The molecule has 0 bridgehead atoms. The van der Waals surface area contributed by atoms with E-state index in [0.717, 1.165) is 63.3 Å². The summed E-state index contributed by atoms with van der Waals surface area (Å²) in [5.41, 5.74) is 2.54. The van der Waals surface area contributed by atoms with E-state index >= 15 is 0 Å². The third-order valence-corrected chi connectivity index (χ3v) is 7.35. The maximum atomic E-state index is 12.5. The molecule has 1 aliphatic carbocycles. The van der Waals surface area contributed by atoms with Crippen LogP contribution >= 0.6 is 0 Å². The summed E-state index contributed by atoms with van der Waals surface area (Å²) in [7, 11) is 3.92. The Labute approximate surface area is 193 Å². The van der Waals surface area contributed by atoms with Crippen molar-refractivity contribution < 1.29 is 9.84 Å². The van der Waals surface area contributed by atoms with E-state index < -0.39 is 5.60 Å². The fourth-order valence-corrected chi connectivity index (χ4v) is 5.35. The van der Waals surface area contributed by atoms with Gasteiger partial charge < -0.3 is 19.6 Å². The highest BCUT2D eigenvalue weighted by molar-refractivity contribution is 5.56. The van der Waals surface area contributed by atoms with Gasteiger partial charge in [0.05, 0.1) is 12.7 Å². The molecule has 2 aromatic carbocycles. The number of rotatable bonds is 6. The van der Waals surface area contributed by atoms with Gasteiger partial charge in [-0.25, -0.2) is 0 Å².